The lowest BCUT2D eigenvalue weighted by atomic mass is 10.0. The van der Waals surface area contributed by atoms with Crippen LogP contribution in [0.3, 0.4) is 0 Å². The Morgan fingerprint density at radius 2 is 1.14 bits per heavy atom. The van der Waals surface area contributed by atoms with E-state index in [1.807, 2.05) is 23.5 Å². The highest BCUT2D eigenvalue weighted by Gasteiger charge is 2.20. The summed E-state index contributed by atoms with van der Waals surface area (Å²) in [5.74, 6) is 0. The number of para-hydroxylation sites is 1. The summed E-state index contributed by atoms with van der Waals surface area (Å²) in [7, 11) is 0. The third-order valence-electron chi connectivity index (χ3n) is 8.45. The predicted molar refractivity (Wildman–Crippen MR) is 184 cm³/mol. The van der Waals surface area contributed by atoms with E-state index in [0.717, 1.165) is 33.3 Å². The smallest absolute Gasteiger partial charge is 0.135 e. The third kappa shape index (κ3) is 3.93. The lowest BCUT2D eigenvalue weighted by molar-refractivity contribution is 0.669. The molecule has 0 radical (unpaired) electrons. The molecule has 0 unspecified atom stereocenters. The van der Waals surface area contributed by atoms with Gasteiger partial charge < -0.3 is 9.32 Å². The Kier molecular flexibility index (Phi) is 5.40. The molecule has 9 rings (SSSR count). The highest BCUT2D eigenvalue weighted by Crippen LogP contribution is 2.46. The second kappa shape index (κ2) is 9.59. The molecular weight excluding hydrogens is 543 g/mol. The average molecular weight is 568 g/mol. The van der Waals surface area contributed by atoms with Crippen LogP contribution in [0.25, 0.3) is 64.0 Å². The molecule has 0 atom stereocenters. The SMILES string of the molecule is c1ccc2cc(-c3ccc(N(c4ccc5oc6ccccc6c5c4)c4cccc5sc6ccccc6c45)cc3)ccc2c1. The standard InChI is InChI=1S/C40H25NOS/c1-2-9-28-24-29(17-16-26(28)8-1)27-18-20-30(21-19-27)41(31-22-23-37-34(25-31)32-10-3-5-13-36(32)42-37)35-12-7-15-39-40(35)33-11-4-6-14-38(33)43-39/h1-25H. The number of benzene rings is 7. The minimum absolute atomic E-state index is 0.899. The molecule has 0 saturated carbocycles. The van der Waals surface area contributed by atoms with Crippen molar-refractivity contribution < 1.29 is 4.42 Å². The first-order valence-electron chi connectivity index (χ1n) is 14.5. The van der Waals surface area contributed by atoms with Gasteiger partial charge in [0.1, 0.15) is 11.2 Å². The Labute approximate surface area is 252 Å². The molecule has 7 aromatic carbocycles. The van der Waals surface area contributed by atoms with Crippen LogP contribution in [0.5, 0.6) is 0 Å². The summed E-state index contributed by atoms with van der Waals surface area (Å²) in [6.07, 6.45) is 0. The fourth-order valence-electron chi connectivity index (χ4n) is 6.39. The molecule has 43 heavy (non-hydrogen) atoms. The molecule has 0 amide bonds. The van der Waals surface area contributed by atoms with Gasteiger partial charge in [0.05, 0.1) is 5.69 Å². The highest BCUT2D eigenvalue weighted by molar-refractivity contribution is 7.26. The first-order chi connectivity index (χ1) is 21.3. The molecule has 0 saturated heterocycles. The van der Waals surface area contributed by atoms with Crippen molar-refractivity contribution in [2.24, 2.45) is 0 Å². The first kappa shape index (κ1) is 24.2. The van der Waals surface area contributed by atoms with E-state index < -0.39 is 0 Å². The van der Waals surface area contributed by atoms with Gasteiger partial charge in [-0.25, -0.2) is 0 Å². The van der Waals surface area contributed by atoms with Gasteiger partial charge in [0, 0.05) is 42.3 Å². The van der Waals surface area contributed by atoms with Gasteiger partial charge in [0.15, 0.2) is 0 Å². The maximum Gasteiger partial charge on any atom is 0.135 e. The number of rotatable bonds is 4. The summed E-state index contributed by atoms with van der Waals surface area (Å²) in [5.41, 5.74) is 7.60. The van der Waals surface area contributed by atoms with Crippen molar-refractivity contribution in [1.29, 1.82) is 0 Å². The van der Waals surface area contributed by atoms with Crippen LogP contribution in [-0.4, -0.2) is 0 Å². The van der Waals surface area contributed by atoms with Crippen molar-refractivity contribution in [3.63, 3.8) is 0 Å². The van der Waals surface area contributed by atoms with Crippen LogP contribution in [0.4, 0.5) is 17.1 Å². The Hall–Kier alpha value is -5.38. The van der Waals surface area contributed by atoms with E-state index in [4.69, 9.17) is 4.42 Å². The van der Waals surface area contributed by atoms with Gasteiger partial charge in [0.25, 0.3) is 0 Å². The van der Waals surface area contributed by atoms with Crippen LogP contribution >= 0.6 is 11.3 Å². The Morgan fingerprint density at radius 3 is 2.05 bits per heavy atom. The summed E-state index contributed by atoms with van der Waals surface area (Å²) >= 11 is 1.85. The summed E-state index contributed by atoms with van der Waals surface area (Å²) in [6, 6.07) is 54.4. The van der Waals surface area contributed by atoms with Crippen molar-refractivity contribution in [3.8, 4) is 11.1 Å². The lowest BCUT2D eigenvalue weighted by Gasteiger charge is -2.27. The van der Waals surface area contributed by atoms with E-state index >= 15 is 0 Å². The molecule has 0 bridgehead atoms. The van der Waals surface area contributed by atoms with Gasteiger partial charge >= 0.3 is 0 Å². The van der Waals surface area contributed by atoms with E-state index in [2.05, 4.69) is 144 Å². The number of furan rings is 1. The van der Waals surface area contributed by atoms with Gasteiger partial charge in [-0.2, -0.15) is 0 Å². The summed E-state index contributed by atoms with van der Waals surface area (Å²) in [4.78, 5) is 2.40. The largest absolute Gasteiger partial charge is 0.456 e. The van der Waals surface area contributed by atoms with E-state index in [0.29, 0.717) is 0 Å². The zero-order valence-electron chi connectivity index (χ0n) is 23.2. The molecule has 0 aliphatic heterocycles. The predicted octanol–water partition coefficient (Wildman–Crippen LogP) is 12.2. The molecule has 0 fully saturated rings. The van der Waals surface area contributed by atoms with Crippen LogP contribution in [0.1, 0.15) is 0 Å². The topological polar surface area (TPSA) is 16.4 Å². The van der Waals surface area contributed by atoms with E-state index in [1.54, 1.807) is 0 Å². The zero-order valence-corrected chi connectivity index (χ0v) is 24.0. The van der Waals surface area contributed by atoms with Gasteiger partial charge in [-0.3, -0.25) is 0 Å². The fourth-order valence-corrected chi connectivity index (χ4v) is 7.52. The van der Waals surface area contributed by atoms with Crippen molar-refractivity contribution in [3.05, 3.63) is 152 Å². The Balaban J connectivity index is 1.25. The second-order valence-corrected chi connectivity index (χ2v) is 12.1. The summed E-state index contributed by atoms with van der Waals surface area (Å²) in [5, 5.41) is 7.32. The number of anilines is 3. The van der Waals surface area contributed by atoms with Crippen LogP contribution < -0.4 is 4.90 Å². The summed E-state index contributed by atoms with van der Waals surface area (Å²) in [6.45, 7) is 0. The Morgan fingerprint density at radius 1 is 0.442 bits per heavy atom. The number of nitrogens with zero attached hydrogens (tertiary/aromatic N) is 1. The molecule has 2 heterocycles. The van der Waals surface area contributed by atoms with Gasteiger partial charge in [-0.05, 0) is 82.6 Å². The minimum Gasteiger partial charge on any atom is -0.456 e. The normalized spacial score (nSPS) is 11.7. The van der Waals surface area contributed by atoms with Crippen molar-refractivity contribution in [2.75, 3.05) is 4.90 Å². The molecule has 3 heteroatoms. The van der Waals surface area contributed by atoms with Crippen LogP contribution in [0, 0.1) is 0 Å². The number of fused-ring (bicyclic) bond motifs is 7. The minimum atomic E-state index is 0.899. The number of hydrogen-bond donors (Lipinski definition) is 0. The molecule has 2 nitrogen and oxygen atoms in total. The zero-order chi connectivity index (χ0) is 28.3. The summed E-state index contributed by atoms with van der Waals surface area (Å²) < 4.78 is 8.78. The maximum absolute atomic E-state index is 6.19. The van der Waals surface area contributed by atoms with Crippen molar-refractivity contribution in [1.82, 2.24) is 0 Å². The molecule has 0 N–H and O–H groups in total. The molecular formula is C40H25NOS. The Bertz CT molecular complexity index is 2470. The van der Waals surface area contributed by atoms with Crippen LogP contribution in [0.2, 0.25) is 0 Å². The monoisotopic (exact) mass is 567 g/mol. The quantitative estimate of drug-likeness (QED) is 0.210. The van der Waals surface area contributed by atoms with Crippen LogP contribution in [-0.2, 0) is 0 Å². The molecule has 2 aromatic heterocycles. The average Bonchev–Trinajstić information content (AvgIpc) is 3.64. The molecule has 9 aromatic rings. The van der Waals surface area contributed by atoms with E-state index in [9.17, 15) is 0 Å². The third-order valence-corrected chi connectivity index (χ3v) is 9.58. The van der Waals surface area contributed by atoms with Crippen molar-refractivity contribution >= 4 is 81.3 Å². The van der Waals surface area contributed by atoms with Crippen molar-refractivity contribution in [2.45, 2.75) is 0 Å². The van der Waals surface area contributed by atoms with Gasteiger partial charge in [-0.1, -0.05) is 91.0 Å². The van der Waals surface area contributed by atoms with Crippen LogP contribution in [0.15, 0.2) is 156 Å². The number of hydrogen-bond acceptors (Lipinski definition) is 3. The highest BCUT2D eigenvalue weighted by atomic mass is 32.1. The van der Waals surface area contributed by atoms with Gasteiger partial charge in [0.2, 0.25) is 0 Å². The molecule has 0 aliphatic rings. The lowest BCUT2D eigenvalue weighted by Crippen LogP contribution is -2.10. The fraction of sp³-hybridized carbons (Fsp3) is 0. The molecule has 202 valence electrons. The second-order valence-electron chi connectivity index (χ2n) is 11.0. The first-order valence-corrected chi connectivity index (χ1v) is 15.3. The van der Waals surface area contributed by atoms with E-state index in [1.165, 1.54) is 47.8 Å². The maximum atomic E-state index is 6.19. The molecule has 0 spiro atoms. The van der Waals surface area contributed by atoms with E-state index in [-0.39, 0.29) is 0 Å². The number of thiophene rings is 1. The van der Waals surface area contributed by atoms with Gasteiger partial charge in [-0.15, -0.1) is 11.3 Å². The molecule has 0 aliphatic carbocycles.